The van der Waals surface area contributed by atoms with Gasteiger partial charge in [-0.25, -0.2) is 0 Å². The number of ether oxygens (including phenoxy) is 1. The standard InChI is InChI=1S/C21H22Cl2N2O3/c1-2-28-18-7-5-17(6-8-18)25-13-15(11-20(25)26)21(27)24-10-9-14-3-4-16(22)12-19(14)23/h3-8,12,15H,2,9-11,13H2,1H3,(H,24,27). The first kappa shape index (κ1) is 20.5. The fraction of sp³-hybridized carbons (Fsp3) is 0.333. The molecule has 0 aliphatic carbocycles. The molecule has 1 unspecified atom stereocenters. The number of benzene rings is 2. The number of hydrogen-bond donors (Lipinski definition) is 1. The first-order valence-electron chi connectivity index (χ1n) is 9.22. The summed E-state index contributed by atoms with van der Waals surface area (Å²) in [4.78, 5) is 26.5. The summed E-state index contributed by atoms with van der Waals surface area (Å²) in [6, 6.07) is 12.6. The second-order valence-corrected chi connectivity index (χ2v) is 7.45. The Morgan fingerprint density at radius 1 is 1.21 bits per heavy atom. The Labute approximate surface area is 174 Å². The largest absolute Gasteiger partial charge is 0.494 e. The SMILES string of the molecule is CCOc1ccc(N2CC(C(=O)NCCc3ccc(Cl)cc3Cl)CC2=O)cc1. The Morgan fingerprint density at radius 3 is 2.64 bits per heavy atom. The molecule has 2 aromatic carbocycles. The van der Waals surface area contributed by atoms with Crippen molar-refractivity contribution in [1.82, 2.24) is 5.32 Å². The van der Waals surface area contributed by atoms with E-state index in [-0.39, 0.29) is 24.2 Å². The van der Waals surface area contributed by atoms with Gasteiger partial charge in [-0.15, -0.1) is 0 Å². The third-order valence-electron chi connectivity index (χ3n) is 4.66. The van der Waals surface area contributed by atoms with Gasteiger partial charge in [-0.2, -0.15) is 0 Å². The number of anilines is 1. The summed E-state index contributed by atoms with van der Waals surface area (Å²) in [5.41, 5.74) is 1.70. The summed E-state index contributed by atoms with van der Waals surface area (Å²) in [5.74, 6) is 0.227. The summed E-state index contributed by atoms with van der Waals surface area (Å²) in [7, 11) is 0. The smallest absolute Gasteiger partial charge is 0.227 e. The van der Waals surface area contributed by atoms with Crippen molar-refractivity contribution in [3.05, 3.63) is 58.1 Å². The molecule has 5 nitrogen and oxygen atoms in total. The Kier molecular flexibility index (Phi) is 6.81. The Hall–Kier alpha value is -2.24. The highest BCUT2D eigenvalue weighted by molar-refractivity contribution is 6.35. The molecule has 3 rings (SSSR count). The molecule has 1 fully saturated rings. The monoisotopic (exact) mass is 420 g/mol. The molecular formula is C21H22Cl2N2O3. The molecule has 1 atom stereocenters. The van der Waals surface area contributed by atoms with Crippen LogP contribution in [0.5, 0.6) is 5.75 Å². The summed E-state index contributed by atoms with van der Waals surface area (Å²) < 4.78 is 5.42. The van der Waals surface area contributed by atoms with Crippen LogP contribution < -0.4 is 15.0 Å². The minimum absolute atomic E-state index is 0.0509. The lowest BCUT2D eigenvalue weighted by atomic mass is 10.1. The van der Waals surface area contributed by atoms with E-state index in [0.29, 0.717) is 36.2 Å². The van der Waals surface area contributed by atoms with Gasteiger partial charge in [0.1, 0.15) is 5.75 Å². The molecule has 0 bridgehead atoms. The molecule has 0 radical (unpaired) electrons. The first-order chi connectivity index (χ1) is 13.5. The highest BCUT2D eigenvalue weighted by Crippen LogP contribution is 2.27. The van der Waals surface area contributed by atoms with E-state index in [1.807, 2.05) is 37.3 Å². The average Bonchev–Trinajstić information content (AvgIpc) is 3.06. The number of rotatable bonds is 7. The number of carbonyl (C=O) groups excluding carboxylic acids is 2. The molecule has 1 aliphatic rings. The highest BCUT2D eigenvalue weighted by Gasteiger charge is 2.34. The second-order valence-electron chi connectivity index (χ2n) is 6.61. The number of amides is 2. The zero-order chi connectivity index (χ0) is 20.1. The van der Waals surface area contributed by atoms with Crippen LogP contribution in [0.25, 0.3) is 0 Å². The molecule has 2 aromatic rings. The van der Waals surface area contributed by atoms with E-state index in [0.717, 1.165) is 17.0 Å². The molecule has 1 saturated heterocycles. The van der Waals surface area contributed by atoms with Crippen LogP contribution in [-0.2, 0) is 16.0 Å². The molecule has 2 amide bonds. The molecular weight excluding hydrogens is 399 g/mol. The summed E-state index contributed by atoms with van der Waals surface area (Å²) >= 11 is 12.0. The minimum Gasteiger partial charge on any atom is -0.494 e. The Balaban J connectivity index is 1.53. The van der Waals surface area contributed by atoms with E-state index < -0.39 is 0 Å². The first-order valence-corrected chi connectivity index (χ1v) is 9.98. The summed E-state index contributed by atoms with van der Waals surface area (Å²) in [6.45, 7) is 3.34. The van der Waals surface area contributed by atoms with Gasteiger partial charge in [0.05, 0.1) is 12.5 Å². The molecule has 1 heterocycles. The fourth-order valence-corrected chi connectivity index (χ4v) is 3.71. The number of hydrogen-bond acceptors (Lipinski definition) is 3. The van der Waals surface area contributed by atoms with Gasteiger partial charge in [-0.1, -0.05) is 29.3 Å². The van der Waals surface area contributed by atoms with E-state index in [4.69, 9.17) is 27.9 Å². The topological polar surface area (TPSA) is 58.6 Å². The van der Waals surface area contributed by atoms with Gasteiger partial charge in [-0.3, -0.25) is 9.59 Å². The number of carbonyl (C=O) groups is 2. The maximum Gasteiger partial charge on any atom is 0.227 e. The van der Waals surface area contributed by atoms with Crippen molar-refractivity contribution >= 4 is 40.7 Å². The molecule has 148 valence electrons. The highest BCUT2D eigenvalue weighted by atomic mass is 35.5. The molecule has 7 heteroatoms. The molecule has 0 aromatic heterocycles. The van der Waals surface area contributed by atoms with Gasteiger partial charge in [0, 0.05) is 35.2 Å². The third kappa shape index (κ3) is 4.97. The van der Waals surface area contributed by atoms with Gasteiger partial charge in [0.15, 0.2) is 0 Å². The lowest BCUT2D eigenvalue weighted by Crippen LogP contribution is -2.34. The maximum atomic E-state index is 12.5. The van der Waals surface area contributed by atoms with Crippen molar-refractivity contribution in [2.75, 3.05) is 24.6 Å². The van der Waals surface area contributed by atoms with Crippen LogP contribution in [0.4, 0.5) is 5.69 Å². The lowest BCUT2D eigenvalue weighted by molar-refractivity contribution is -0.126. The van der Waals surface area contributed by atoms with Crippen molar-refractivity contribution in [2.45, 2.75) is 19.8 Å². The van der Waals surface area contributed by atoms with Crippen molar-refractivity contribution in [3.63, 3.8) is 0 Å². The van der Waals surface area contributed by atoms with Gasteiger partial charge < -0.3 is 15.0 Å². The van der Waals surface area contributed by atoms with Crippen molar-refractivity contribution in [2.24, 2.45) is 5.92 Å². The van der Waals surface area contributed by atoms with Gasteiger partial charge in [0.25, 0.3) is 0 Å². The van der Waals surface area contributed by atoms with E-state index in [2.05, 4.69) is 5.32 Å². The maximum absolute atomic E-state index is 12.5. The number of nitrogens with one attached hydrogen (secondary N) is 1. The fourth-order valence-electron chi connectivity index (χ4n) is 3.21. The zero-order valence-corrected chi connectivity index (χ0v) is 17.1. The summed E-state index contributed by atoms with van der Waals surface area (Å²) in [6.07, 6.45) is 0.811. The van der Waals surface area contributed by atoms with E-state index in [9.17, 15) is 9.59 Å². The Bertz CT molecular complexity index is 855. The molecule has 28 heavy (non-hydrogen) atoms. The van der Waals surface area contributed by atoms with Crippen molar-refractivity contribution in [1.29, 1.82) is 0 Å². The number of nitrogens with zero attached hydrogens (tertiary/aromatic N) is 1. The van der Waals surface area contributed by atoms with E-state index in [1.54, 1.807) is 17.0 Å². The quantitative estimate of drug-likeness (QED) is 0.732. The van der Waals surface area contributed by atoms with E-state index >= 15 is 0 Å². The van der Waals surface area contributed by atoms with Gasteiger partial charge in [0.2, 0.25) is 11.8 Å². The zero-order valence-electron chi connectivity index (χ0n) is 15.6. The summed E-state index contributed by atoms with van der Waals surface area (Å²) in [5, 5.41) is 4.07. The van der Waals surface area contributed by atoms with Crippen LogP contribution in [0.15, 0.2) is 42.5 Å². The molecule has 1 N–H and O–H groups in total. The lowest BCUT2D eigenvalue weighted by Gasteiger charge is -2.17. The predicted molar refractivity (Wildman–Crippen MR) is 111 cm³/mol. The second kappa shape index (κ2) is 9.30. The van der Waals surface area contributed by atoms with E-state index in [1.165, 1.54) is 0 Å². The van der Waals surface area contributed by atoms with Gasteiger partial charge in [-0.05, 0) is 55.3 Å². The minimum atomic E-state index is -0.361. The van der Waals surface area contributed by atoms with Crippen LogP contribution in [0.1, 0.15) is 18.9 Å². The van der Waals surface area contributed by atoms with Crippen molar-refractivity contribution < 1.29 is 14.3 Å². The molecule has 0 spiro atoms. The van der Waals surface area contributed by atoms with Crippen LogP contribution >= 0.6 is 23.2 Å². The normalized spacial score (nSPS) is 16.3. The van der Waals surface area contributed by atoms with Crippen LogP contribution in [0.3, 0.4) is 0 Å². The number of halogens is 2. The van der Waals surface area contributed by atoms with Crippen LogP contribution in [0, 0.1) is 5.92 Å². The Morgan fingerprint density at radius 2 is 1.96 bits per heavy atom. The third-order valence-corrected chi connectivity index (χ3v) is 5.25. The predicted octanol–water partition coefficient (Wildman–Crippen LogP) is 4.10. The van der Waals surface area contributed by atoms with Crippen LogP contribution in [-0.4, -0.2) is 31.5 Å². The average molecular weight is 421 g/mol. The molecule has 1 aliphatic heterocycles. The van der Waals surface area contributed by atoms with Gasteiger partial charge >= 0.3 is 0 Å². The van der Waals surface area contributed by atoms with Crippen molar-refractivity contribution in [3.8, 4) is 5.75 Å². The van der Waals surface area contributed by atoms with Crippen LogP contribution in [0.2, 0.25) is 10.0 Å². The molecule has 0 saturated carbocycles.